The van der Waals surface area contributed by atoms with Gasteiger partial charge < -0.3 is 25.1 Å². The maximum atomic E-state index is 9.21. The third-order valence-corrected chi connectivity index (χ3v) is 10.8. The van der Waals surface area contributed by atoms with Gasteiger partial charge in [-0.2, -0.15) is 12.1 Å². The molecule has 0 aliphatic carbocycles. The summed E-state index contributed by atoms with van der Waals surface area (Å²) < 4.78 is 0. The van der Waals surface area contributed by atoms with Crippen LogP contribution < -0.4 is 0 Å². The molecule has 0 heterocycles. The van der Waals surface area contributed by atoms with Crippen LogP contribution in [0.25, 0.3) is 65.3 Å². The fourth-order valence-electron chi connectivity index (χ4n) is 7.77. The van der Waals surface area contributed by atoms with Crippen LogP contribution in [0.4, 0.5) is 0 Å². The Balaban J connectivity index is 0.000000189. The molecule has 0 bridgehead atoms. The SMILES string of the molecule is Cc1cc2c(-c3cccc4ccccc34)cccc2[cH-]1.Cc1cc2c(-c3cccc4ccccc34)cccc2[cH-]1.Cc1cccc(C)c1O.Cc1cccc(C)c1O.[CH3-].[CH3-].[Si]=[Zr]. The van der Waals surface area contributed by atoms with Gasteiger partial charge in [-0.1, -0.05) is 158 Å². The molecule has 0 saturated carbocycles. The first-order valence-electron chi connectivity index (χ1n) is 20.1. The molecule has 2 radical (unpaired) electrons. The van der Waals surface area contributed by atoms with Crippen molar-refractivity contribution in [3.8, 4) is 33.8 Å². The van der Waals surface area contributed by atoms with Gasteiger partial charge in [0.25, 0.3) is 0 Å². The van der Waals surface area contributed by atoms with E-state index in [4.69, 9.17) is 0 Å². The van der Waals surface area contributed by atoms with E-state index in [1.54, 1.807) is 0 Å². The van der Waals surface area contributed by atoms with Crippen molar-refractivity contribution in [1.29, 1.82) is 0 Å². The van der Waals surface area contributed by atoms with Crippen LogP contribution in [0.1, 0.15) is 33.4 Å². The molecule has 2 N–H and O–H groups in total. The maximum absolute atomic E-state index is 9.21. The first-order chi connectivity index (χ1) is 29.1. The zero-order chi connectivity index (χ0) is 42.8. The monoisotopic (exact) mass is 902 g/mol. The van der Waals surface area contributed by atoms with Crippen molar-refractivity contribution >= 4 is 50.0 Å². The molecule has 0 aromatic heterocycles. The van der Waals surface area contributed by atoms with Crippen LogP contribution >= 0.6 is 0 Å². The third kappa shape index (κ3) is 11.4. The van der Waals surface area contributed by atoms with Crippen molar-refractivity contribution in [2.45, 2.75) is 41.5 Å². The summed E-state index contributed by atoms with van der Waals surface area (Å²) in [6.07, 6.45) is 0. The Labute approximate surface area is 386 Å². The molecule has 0 aliphatic rings. The molecule has 312 valence electrons. The van der Waals surface area contributed by atoms with Crippen molar-refractivity contribution < 1.29 is 33.5 Å². The van der Waals surface area contributed by atoms with Crippen LogP contribution in [0, 0.1) is 56.4 Å². The van der Waals surface area contributed by atoms with Gasteiger partial charge in [-0.25, -0.2) is 0 Å². The molecule has 0 saturated heterocycles. The molecule has 10 aromatic carbocycles. The summed E-state index contributed by atoms with van der Waals surface area (Å²) >= 11 is 1.36. The second-order valence-corrected chi connectivity index (χ2v) is 15.2. The fourth-order valence-corrected chi connectivity index (χ4v) is 7.77. The Morgan fingerprint density at radius 3 is 0.968 bits per heavy atom. The van der Waals surface area contributed by atoms with E-state index in [2.05, 4.69) is 166 Å². The summed E-state index contributed by atoms with van der Waals surface area (Å²) in [4.78, 5) is 0. The number of fused-ring (bicyclic) bond motifs is 4. The molecule has 4 heteroatoms. The van der Waals surface area contributed by atoms with Crippen molar-refractivity contribution in [2.75, 3.05) is 0 Å². The number of benzene rings is 8. The predicted octanol–water partition coefficient (Wildman–Crippen LogP) is 15.9. The Morgan fingerprint density at radius 2 is 0.629 bits per heavy atom. The van der Waals surface area contributed by atoms with Crippen LogP contribution in [0.5, 0.6) is 11.5 Å². The molecule has 0 aliphatic heterocycles. The predicted molar refractivity (Wildman–Crippen MR) is 268 cm³/mol. The van der Waals surface area contributed by atoms with Crippen LogP contribution in [0.15, 0.2) is 182 Å². The van der Waals surface area contributed by atoms with Crippen molar-refractivity contribution in [1.82, 2.24) is 0 Å². The quantitative estimate of drug-likeness (QED) is 0.134. The number of hydrogen-bond acceptors (Lipinski definition) is 2. The van der Waals surface area contributed by atoms with Crippen molar-refractivity contribution in [2.24, 2.45) is 0 Å². The molecular formula is C58H56O2SiZr-4. The molecule has 0 amide bonds. The second-order valence-electron chi connectivity index (χ2n) is 15.2. The molecule has 2 nitrogen and oxygen atoms in total. The summed E-state index contributed by atoms with van der Waals surface area (Å²) in [5.74, 6) is 0.829. The van der Waals surface area contributed by atoms with Gasteiger partial charge in [0.2, 0.25) is 0 Å². The number of phenols is 2. The molecule has 0 fully saturated rings. The zero-order valence-corrected chi connectivity index (χ0v) is 40.7. The zero-order valence-electron chi connectivity index (χ0n) is 37.2. The van der Waals surface area contributed by atoms with Gasteiger partial charge in [0.05, 0.1) is 0 Å². The van der Waals surface area contributed by atoms with Gasteiger partial charge in [-0.3, -0.25) is 0 Å². The number of phenolic OH excluding ortho intramolecular Hbond substituents is 2. The van der Waals surface area contributed by atoms with Gasteiger partial charge in [-0.15, -0.1) is 69.1 Å². The molecule has 62 heavy (non-hydrogen) atoms. The van der Waals surface area contributed by atoms with Crippen molar-refractivity contribution in [3.05, 3.63) is 230 Å². The van der Waals surface area contributed by atoms with E-state index in [-0.39, 0.29) is 14.9 Å². The minimum atomic E-state index is 0. The molecule has 0 unspecified atom stereocenters. The van der Waals surface area contributed by atoms with Crippen molar-refractivity contribution in [3.63, 3.8) is 0 Å². The first kappa shape index (κ1) is 48.9. The second kappa shape index (κ2) is 22.9. The number of aryl methyl sites for hydroxylation is 6. The van der Waals surface area contributed by atoms with E-state index in [0.29, 0.717) is 11.5 Å². The van der Waals surface area contributed by atoms with Gasteiger partial charge in [0.1, 0.15) is 11.5 Å². The van der Waals surface area contributed by atoms with Gasteiger partial charge in [0, 0.05) is 0 Å². The number of hydrogen-bond donors (Lipinski definition) is 2. The van der Waals surface area contributed by atoms with Gasteiger partial charge in [0.15, 0.2) is 0 Å². The number of para-hydroxylation sites is 2. The van der Waals surface area contributed by atoms with E-state index in [0.717, 1.165) is 22.3 Å². The Kier molecular flexibility index (Phi) is 18.0. The summed E-state index contributed by atoms with van der Waals surface area (Å²) in [6.45, 7) is 14.9. The number of aromatic hydroxyl groups is 2. The average Bonchev–Trinajstić information content (AvgIpc) is 3.86. The van der Waals surface area contributed by atoms with E-state index >= 15 is 0 Å². The molecule has 10 aromatic rings. The van der Waals surface area contributed by atoms with Gasteiger partial charge in [-0.05, 0) is 82.6 Å². The summed E-state index contributed by atoms with van der Waals surface area (Å²) in [5.41, 5.74) is 11.7. The first-order valence-corrected chi connectivity index (χ1v) is 24.3. The molecule has 0 spiro atoms. The Bertz CT molecular complexity index is 2770. The van der Waals surface area contributed by atoms with E-state index in [1.807, 2.05) is 64.1 Å². The Hall–Kier alpha value is -5.80. The molecule has 0 atom stereocenters. The summed E-state index contributed by atoms with van der Waals surface area (Å²) in [5, 5.41) is 29.0. The standard InChI is InChI=1S/2C20H15.2C8H10O.2CH3.Si.Zr/c2*1-14-12-16-8-5-11-19(20(16)13-14)18-10-4-7-15-6-2-3-9-17(15)18;2*1-6-4-3-5-7(2)8(6)9;;;;/h2*2-13H,1H3;2*3-5,9H,1-2H3;2*1H3;;/q2*-1;;;2*-1;;. The van der Waals surface area contributed by atoms with Gasteiger partial charge >= 0.3 is 30.2 Å². The van der Waals surface area contributed by atoms with E-state index in [1.165, 1.54) is 99.8 Å². The van der Waals surface area contributed by atoms with E-state index < -0.39 is 0 Å². The molecule has 10 rings (SSSR count). The summed E-state index contributed by atoms with van der Waals surface area (Å²) in [7, 11) is 0. The van der Waals surface area contributed by atoms with Crippen LogP contribution in [-0.2, 0) is 23.3 Å². The molecular weight excluding hydrogens is 848 g/mol. The number of rotatable bonds is 2. The third-order valence-electron chi connectivity index (χ3n) is 10.8. The topological polar surface area (TPSA) is 40.5 Å². The summed E-state index contributed by atoms with van der Waals surface area (Å²) in [6, 6.07) is 63.9. The van der Waals surface area contributed by atoms with E-state index in [9.17, 15) is 10.2 Å². The minimum absolute atomic E-state index is 0. The van der Waals surface area contributed by atoms with Crippen LogP contribution in [-0.4, -0.2) is 17.1 Å². The fraction of sp³-hybridized carbons (Fsp3) is 0.103. The Morgan fingerprint density at radius 1 is 0.355 bits per heavy atom. The van der Waals surface area contributed by atoms with Crippen LogP contribution in [0.2, 0.25) is 0 Å². The van der Waals surface area contributed by atoms with Crippen LogP contribution in [0.3, 0.4) is 0 Å². The average molecular weight is 904 g/mol. The normalized spacial score (nSPS) is 10.1.